The molecule has 1 saturated heterocycles. The minimum absolute atomic E-state index is 0.176. The summed E-state index contributed by atoms with van der Waals surface area (Å²) >= 11 is 0. The Hall–Kier alpha value is -1.13. The molecule has 2 rings (SSSR count). The van der Waals surface area contributed by atoms with Gasteiger partial charge in [-0.15, -0.1) is 0 Å². The van der Waals surface area contributed by atoms with Gasteiger partial charge in [-0.3, -0.25) is 4.90 Å². The molecule has 0 unspecified atom stereocenters. The summed E-state index contributed by atoms with van der Waals surface area (Å²) in [6, 6.07) is 5.08. The molecule has 1 atom stereocenters. The second-order valence-electron chi connectivity index (χ2n) is 4.59. The van der Waals surface area contributed by atoms with E-state index in [1.54, 1.807) is 19.2 Å². The number of rotatable bonds is 3. The number of ether oxygens (including phenoxy) is 1. The van der Waals surface area contributed by atoms with Crippen LogP contribution in [-0.4, -0.2) is 31.1 Å². The first-order valence-electron chi connectivity index (χ1n) is 5.99. The lowest BCUT2D eigenvalue weighted by Gasteiger charge is -2.30. The van der Waals surface area contributed by atoms with Gasteiger partial charge < -0.3 is 10.5 Å². The van der Waals surface area contributed by atoms with Crippen LogP contribution < -0.4 is 10.5 Å². The molecule has 3 nitrogen and oxygen atoms in total. The molecule has 94 valence electrons. The van der Waals surface area contributed by atoms with Gasteiger partial charge in [0.25, 0.3) is 0 Å². The molecule has 0 radical (unpaired) electrons. The van der Waals surface area contributed by atoms with Crippen molar-refractivity contribution < 1.29 is 9.13 Å². The van der Waals surface area contributed by atoms with Gasteiger partial charge in [0.2, 0.25) is 0 Å². The number of methoxy groups -OCH3 is 1. The van der Waals surface area contributed by atoms with Crippen LogP contribution in [0.15, 0.2) is 18.2 Å². The molecule has 0 aliphatic carbocycles. The minimum atomic E-state index is -0.176. The highest BCUT2D eigenvalue weighted by molar-refractivity contribution is 5.29. The molecule has 1 heterocycles. The molecule has 1 fully saturated rings. The van der Waals surface area contributed by atoms with Crippen LogP contribution in [0.25, 0.3) is 0 Å². The van der Waals surface area contributed by atoms with Crippen molar-refractivity contribution in [3.05, 3.63) is 29.6 Å². The van der Waals surface area contributed by atoms with Crippen molar-refractivity contribution in [1.29, 1.82) is 0 Å². The number of piperidine rings is 1. The molecule has 1 aliphatic heterocycles. The summed E-state index contributed by atoms with van der Waals surface area (Å²) in [6.45, 7) is 2.44. The van der Waals surface area contributed by atoms with Gasteiger partial charge in [0.15, 0.2) is 0 Å². The third-order valence-corrected chi connectivity index (χ3v) is 3.19. The van der Waals surface area contributed by atoms with Crippen LogP contribution in [0, 0.1) is 5.82 Å². The Labute approximate surface area is 101 Å². The van der Waals surface area contributed by atoms with E-state index < -0.39 is 0 Å². The Morgan fingerprint density at radius 2 is 2.35 bits per heavy atom. The number of nitrogens with two attached hydrogens (primary N) is 1. The van der Waals surface area contributed by atoms with Gasteiger partial charge in [-0.1, -0.05) is 0 Å². The maximum atomic E-state index is 13.6. The smallest absolute Gasteiger partial charge is 0.127 e. The number of benzene rings is 1. The fourth-order valence-corrected chi connectivity index (χ4v) is 2.28. The topological polar surface area (TPSA) is 38.5 Å². The van der Waals surface area contributed by atoms with Crippen LogP contribution in [0.4, 0.5) is 4.39 Å². The van der Waals surface area contributed by atoms with Crippen molar-refractivity contribution in [1.82, 2.24) is 4.90 Å². The van der Waals surface area contributed by atoms with E-state index >= 15 is 0 Å². The zero-order valence-electron chi connectivity index (χ0n) is 10.2. The van der Waals surface area contributed by atoms with Crippen molar-refractivity contribution in [3.8, 4) is 5.75 Å². The average molecular weight is 238 g/mol. The Kier molecular flexibility index (Phi) is 3.97. The highest BCUT2D eigenvalue weighted by Gasteiger charge is 2.18. The molecule has 4 heteroatoms. The molecular weight excluding hydrogens is 219 g/mol. The lowest BCUT2D eigenvalue weighted by molar-refractivity contribution is 0.199. The fourth-order valence-electron chi connectivity index (χ4n) is 2.28. The molecule has 0 aromatic heterocycles. The van der Waals surface area contributed by atoms with Gasteiger partial charge in [0, 0.05) is 24.7 Å². The number of likely N-dealkylation sites (tertiary alicyclic amines) is 1. The van der Waals surface area contributed by atoms with Gasteiger partial charge in [0.1, 0.15) is 11.6 Å². The van der Waals surface area contributed by atoms with Crippen molar-refractivity contribution >= 4 is 0 Å². The zero-order valence-corrected chi connectivity index (χ0v) is 10.2. The van der Waals surface area contributed by atoms with Crippen LogP contribution in [0.2, 0.25) is 0 Å². The van der Waals surface area contributed by atoms with Gasteiger partial charge in [-0.05, 0) is 37.6 Å². The molecular formula is C13H19FN2O. The number of nitrogens with zero attached hydrogens (tertiary/aromatic N) is 1. The van der Waals surface area contributed by atoms with Crippen LogP contribution in [0.5, 0.6) is 5.75 Å². The molecule has 1 aromatic rings. The quantitative estimate of drug-likeness (QED) is 0.872. The van der Waals surface area contributed by atoms with E-state index in [0.29, 0.717) is 17.9 Å². The first-order valence-corrected chi connectivity index (χ1v) is 5.99. The maximum Gasteiger partial charge on any atom is 0.127 e. The highest BCUT2D eigenvalue weighted by atomic mass is 19.1. The van der Waals surface area contributed by atoms with Crippen LogP contribution in [-0.2, 0) is 6.54 Å². The van der Waals surface area contributed by atoms with E-state index in [0.717, 1.165) is 25.9 Å². The number of hydrogen-bond donors (Lipinski definition) is 1. The first-order chi connectivity index (χ1) is 8.19. The van der Waals surface area contributed by atoms with Gasteiger partial charge in [0.05, 0.1) is 7.11 Å². The van der Waals surface area contributed by atoms with Crippen molar-refractivity contribution in [3.63, 3.8) is 0 Å². The summed E-state index contributed by atoms with van der Waals surface area (Å²) in [5.74, 6) is 0.521. The molecule has 1 aliphatic rings. The largest absolute Gasteiger partial charge is 0.497 e. The normalized spacial score (nSPS) is 21.5. The molecule has 2 N–H and O–H groups in total. The van der Waals surface area contributed by atoms with Gasteiger partial charge >= 0.3 is 0 Å². The monoisotopic (exact) mass is 238 g/mol. The second-order valence-corrected chi connectivity index (χ2v) is 4.59. The van der Waals surface area contributed by atoms with Crippen molar-refractivity contribution in [2.75, 3.05) is 20.2 Å². The predicted molar refractivity (Wildman–Crippen MR) is 65.4 cm³/mol. The second kappa shape index (κ2) is 5.47. The standard InChI is InChI=1S/C13H19FN2O/c1-17-12-4-5-13(14)10(7-12)8-16-6-2-3-11(15)9-16/h4-5,7,11H,2-3,6,8-9,15H2,1H3/t11-/m1/s1. The maximum absolute atomic E-state index is 13.6. The lowest BCUT2D eigenvalue weighted by atomic mass is 10.1. The van der Waals surface area contributed by atoms with Gasteiger partial charge in [-0.2, -0.15) is 0 Å². The van der Waals surface area contributed by atoms with E-state index in [2.05, 4.69) is 4.90 Å². The molecule has 0 bridgehead atoms. The molecule has 0 spiro atoms. The average Bonchev–Trinajstić information content (AvgIpc) is 2.32. The van der Waals surface area contributed by atoms with Crippen molar-refractivity contribution in [2.24, 2.45) is 5.73 Å². The third kappa shape index (κ3) is 3.17. The van der Waals surface area contributed by atoms with E-state index in [1.807, 2.05) is 0 Å². The molecule has 1 aromatic carbocycles. The molecule has 0 saturated carbocycles. The van der Waals surface area contributed by atoms with E-state index in [4.69, 9.17) is 10.5 Å². The summed E-state index contributed by atoms with van der Waals surface area (Å²) in [6.07, 6.45) is 2.16. The number of hydrogen-bond acceptors (Lipinski definition) is 3. The Balaban J connectivity index is 2.06. The summed E-state index contributed by atoms with van der Waals surface area (Å²) in [7, 11) is 1.59. The van der Waals surface area contributed by atoms with E-state index in [9.17, 15) is 4.39 Å². The number of halogens is 1. The van der Waals surface area contributed by atoms with Crippen molar-refractivity contribution in [2.45, 2.75) is 25.4 Å². The predicted octanol–water partition coefficient (Wildman–Crippen LogP) is 1.76. The van der Waals surface area contributed by atoms with Crippen LogP contribution in [0.1, 0.15) is 18.4 Å². The Morgan fingerprint density at radius 3 is 3.06 bits per heavy atom. The first kappa shape index (κ1) is 12.3. The highest BCUT2D eigenvalue weighted by Crippen LogP contribution is 2.19. The molecule has 0 amide bonds. The fraction of sp³-hybridized carbons (Fsp3) is 0.538. The molecule has 17 heavy (non-hydrogen) atoms. The zero-order chi connectivity index (χ0) is 12.3. The van der Waals surface area contributed by atoms with E-state index in [1.165, 1.54) is 6.07 Å². The summed E-state index contributed by atoms with van der Waals surface area (Å²) in [4.78, 5) is 2.20. The minimum Gasteiger partial charge on any atom is -0.497 e. The van der Waals surface area contributed by atoms with Crippen LogP contribution >= 0.6 is 0 Å². The van der Waals surface area contributed by atoms with E-state index in [-0.39, 0.29) is 11.9 Å². The van der Waals surface area contributed by atoms with Crippen LogP contribution in [0.3, 0.4) is 0 Å². The summed E-state index contributed by atoms with van der Waals surface area (Å²) in [5, 5.41) is 0. The lowest BCUT2D eigenvalue weighted by Crippen LogP contribution is -2.42. The van der Waals surface area contributed by atoms with Gasteiger partial charge in [-0.25, -0.2) is 4.39 Å². The third-order valence-electron chi connectivity index (χ3n) is 3.19. The Morgan fingerprint density at radius 1 is 1.53 bits per heavy atom. The Bertz CT molecular complexity index is 384. The summed E-state index contributed by atoms with van der Waals surface area (Å²) in [5.41, 5.74) is 6.59. The summed E-state index contributed by atoms with van der Waals surface area (Å²) < 4.78 is 18.8. The SMILES string of the molecule is COc1ccc(F)c(CN2CCC[C@@H](N)C2)c1.